The lowest BCUT2D eigenvalue weighted by Crippen LogP contribution is -2.39. The van der Waals surface area contributed by atoms with Crippen LogP contribution in [0.4, 0.5) is 0 Å². The summed E-state index contributed by atoms with van der Waals surface area (Å²) in [5.74, 6) is 3.58. The third kappa shape index (κ3) is 5.56. The van der Waals surface area contributed by atoms with Crippen LogP contribution in [-0.2, 0) is 30.4 Å². The number of carbonyl (C=O) groups excluding carboxylic acids is 1. The smallest absolute Gasteiger partial charge is 0.354 e. The minimum Gasteiger partial charge on any atom is -0.481 e. The van der Waals surface area contributed by atoms with Gasteiger partial charge in [-0.25, -0.2) is 4.79 Å². The fourth-order valence-corrected chi connectivity index (χ4v) is 2.38. The number of aliphatic carboxylic acids is 1. The SMILES string of the molecule is CC(C)(C#C[C@]1(CC(=O)O)O[C@@H](C(C)(C)C)OC1=O)OCc1ccccc1. The molecule has 0 aromatic heterocycles. The first kappa shape index (κ1) is 20.9. The van der Waals surface area contributed by atoms with Crippen molar-refractivity contribution >= 4 is 11.9 Å². The number of rotatable bonds is 5. The molecular weight excluding hydrogens is 348 g/mol. The van der Waals surface area contributed by atoms with Gasteiger partial charge in [0.15, 0.2) is 0 Å². The van der Waals surface area contributed by atoms with Gasteiger partial charge in [0.05, 0.1) is 13.0 Å². The molecule has 146 valence electrons. The maximum atomic E-state index is 12.4. The summed E-state index contributed by atoms with van der Waals surface area (Å²) < 4.78 is 16.8. The molecule has 2 atom stereocenters. The molecule has 0 bridgehead atoms. The average molecular weight is 374 g/mol. The van der Waals surface area contributed by atoms with Gasteiger partial charge in [-0.3, -0.25) is 4.79 Å². The fraction of sp³-hybridized carbons (Fsp3) is 0.524. The van der Waals surface area contributed by atoms with Gasteiger partial charge in [-0.2, -0.15) is 0 Å². The summed E-state index contributed by atoms with van der Waals surface area (Å²) >= 11 is 0. The molecule has 1 aromatic rings. The molecule has 0 spiro atoms. The van der Waals surface area contributed by atoms with E-state index in [0.717, 1.165) is 5.56 Å². The fourth-order valence-electron chi connectivity index (χ4n) is 2.38. The van der Waals surface area contributed by atoms with E-state index in [0.29, 0.717) is 6.61 Å². The van der Waals surface area contributed by atoms with E-state index in [9.17, 15) is 14.7 Å². The van der Waals surface area contributed by atoms with E-state index in [1.165, 1.54) is 0 Å². The Labute approximate surface area is 159 Å². The zero-order chi connectivity index (χ0) is 20.3. The molecule has 27 heavy (non-hydrogen) atoms. The van der Waals surface area contributed by atoms with E-state index in [1.54, 1.807) is 13.8 Å². The lowest BCUT2D eigenvalue weighted by atomic mass is 9.95. The van der Waals surface area contributed by atoms with Crippen molar-refractivity contribution in [2.24, 2.45) is 5.41 Å². The van der Waals surface area contributed by atoms with Crippen molar-refractivity contribution < 1.29 is 28.9 Å². The molecule has 1 N–H and O–H groups in total. The lowest BCUT2D eigenvalue weighted by molar-refractivity contribution is -0.155. The largest absolute Gasteiger partial charge is 0.481 e. The predicted molar refractivity (Wildman–Crippen MR) is 98.5 cm³/mol. The maximum absolute atomic E-state index is 12.4. The highest BCUT2D eigenvalue weighted by atomic mass is 16.8. The summed E-state index contributed by atoms with van der Waals surface area (Å²) in [7, 11) is 0. The first-order valence-corrected chi connectivity index (χ1v) is 8.76. The van der Waals surface area contributed by atoms with Gasteiger partial charge in [-0.05, 0) is 19.4 Å². The lowest BCUT2D eigenvalue weighted by Gasteiger charge is -2.25. The van der Waals surface area contributed by atoms with Crippen molar-refractivity contribution in [3.8, 4) is 11.8 Å². The second-order valence-corrected chi connectivity index (χ2v) is 8.15. The van der Waals surface area contributed by atoms with Gasteiger partial charge in [-0.1, -0.05) is 62.9 Å². The average Bonchev–Trinajstić information content (AvgIpc) is 2.89. The van der Waals surface area contributed by atoms with Crippen LogP contribution in [0.25, 0.3) is 0 Å². The van der Waals surface area contributed by atoms with E-state index >= 15 is 0 Å². The minimum atomic E-state index is -1.84. The molecule has 0 aliphatic carbocycles. The number of carbonyl (C=O) groups is 2. The van der Waals surface area contributed by atoms with E-state index in [4.69, 9.17) is 14.2 Å². The van der Waals surface area contributed by atoms with Crippen LogP contribution < -0.4 is 0 Å². The number of carboxylic acids is 1. The molecule has 2 rings (SSSR count). The molecule has 0 unspecified atom stereocenters. The normalized spacial score (nSPS) is 22.7. The number of cyclic esters (lactones) is 1. The highest BCUT2D eigenvalue weighted by Gasteiger charge is 2.54. The monoisotopic (exact) mass is 374 g/mol. The van der Waals surface area contributed by atoms with Crippen LogP contribution in [0.1, 0.15) is 46.6 Å². The molecule has 1 heterocycles. The van der Waals surface area contributed by atoms with E-state index in [2.05, 4.69) is 11.8 Å². The van der Waals surface area contributed by atoms with Gasteiger partial charge in [0.25, 0.3) is 0 Å². The van der Waals surface area contributed by atoms with Crippen molar-refractivity contribution in [2.75, 3.05) is 0 Å². The van der Waals surface area contributed by atoms with Crippen LogP contribution in [-0.4, -0.2) is 34.5 Å². The molecule has 1 aliphatic heterocycles. The Morgan fingerprint density at radius 2 is 1.85 bits per heavy atom. The van der Waals surface area contributed by atoms with E-state index in [-0.39, 0.29) is 0 Å². The maximum Gasteiger partial charge on any atom is 0.354 e. The Morgan fingerprint density at radius 3 is 2.37 bits per heavy atom. The van der Waals surface area contributed by atoms with Gasteiger partial charge < -0.3 is 19.3 Å². The number of hydrogen-bond donors (Lipinski definition) is 1. The second kappa shape index (κ2) is 7.71. The number of benzene rings is 1. The molecule has 1 fully saturated rings. The molecule has 1 aromatic carbocycles. The molecule has 0 radical (unpaired) electrons. The quantitative estimate of drug-likeness (QED) is 0.630. The molecular formula is C21H26O6. The number of carboxylic acid groups (broad SMARTS) is 1. The van der Waals surface area contributed by atoms with Crippen molar-refractivity contribution in [1.29, 1.82) is 0 Å². The summed E-state index contributed by atoms with van der Waals surface area (Å²) in [6.45, 7) is 9.34. The third-order valence-electron chi connectivity index (χ3n) is 3.97. The Hall–Kier alpha value is -2.36. The molecule has 6 heteroatoms. The summed E-state index contributed by atoms with van der Waals surface area (Å²) in [4.78, 5) is 23.7. The summed E-state index contributed by atoms with van der Waals surface area (Å²) in [5, 5.41) is 9.24. The van der Waals surface area contributed by atoms with E-state index in [1.807, 2.05) is 51.1 Å². The Morgan fingerprint density at radius 1 is 1.22 bits per heavy atom. The van der Waals surface area contributed by atoms with Crippen molar-refractivity contribution in [3.63, 3.8) is 0 Å². The molecule has 0 saturated carbocycles. The van der Waals surface area contributed by atoms with Crippen LogP contribution in [0.3, 0.4) is 0 Å². The first-order valence-electron chi connectivity index (χ1n) is 8.76. The van der Waals surface area contributed by atoms with Crippen molar-refractivity contribution in [3.05, 3.63) is 35.9 Å². The zero-order valence-electron chi connectivity index (χ0n) is 16.4. The molecule has 0 amide bonds. The Bertz CT molecular complexity index is 750. The predicted octanol–water partition coefficient (Wildman–Crippen LogP) is 3.14. The van der Waals surface area contributed by atoms with E-state index < -0.39 is 41.3 Å². The first-order chi connectivity index (χ1) is 12.4. The van der Waals surface area contributed by atoms with Crippen LogP contribution in [0.15, 0.2) is 30.3 Å². The summed E-state index contributed by atoms with van der Waals surface area (Å²) in [6, 6.07) is 9.60. The standard InChI is InChI=1S/C21H26O6/c1-19(2,3)18-26-17(24)21(27-18,13-16(22)23)12-11-20(4,5)25-14-15-9-7-6-8-10-15/h6-10,18H,13-14H2,1-5H3,(H,22,23)/t18-,21+/m0/s1. The molecule has 1 aliphatic rings. The van der Waals surface area contributed by atoms with Gasteiger partial charge in [0, 0.05) is 5.41 Å². The Kier molecular flexibility index (Phi) is 5.98. The third-order valence-corrected chi connectivity index (χ3v) is 3.97. The zero-order valence-corrected chi connectivity index (χ0v) is 16.4. The number of hydrogen-bond acceptors (Lipinski definition) is 5. The van der Waals surface area contributed by atoms with Gasteiger partial charge in [0.1, 0.15) is 5.60 Å². The van der Waals surface area contributed by atoms with Crippen molar-refractivity contribution in [2.45, 2.75) is 65.1 Å². The van der Waals surface area contributed by atoms with Crippen LogP contribution in [0.5, 0.6) is 0 Å². The molecule has 1 saturated heterocycles. The van der Waals surface area contributed by atoms with Gasteiger partial charge in [0.2, 0.25) is 11.9 Å². The number of ether oxygens (including phenoxy) is 3. The Balaban J connectivity index is 2.21. The summed E-state index contributed by atoms with van der Waals surface area (Å²) in [5.41, 5.74) is -2.27. The van der Waals surface area contributed by atoms with Crippen LogP contribution >= 0.6 is 0 Å². The number of esters is 1. The minimum absolute atomic E-state index is 0.338. The highest BCUT2D eigenvalue weighted by molar-refractivity contribution is 5.90. The highest BCUT2D eigenvalue weighted by Crippen LogP contribution is 2.36. The summed E-state index contributed by atoms with van der Waals surface area (Å²) in [6.07, 6.45) is -1.47. The topological polar surface area (TPSA) is 82.1 Å². The van der Waals surface area contributed by atoms with Gasteiger partial charge >= 0.3 is 11.9 Å². The molecule has 6 nitrogen and oxygen atoms in total. The second-order valence-electron chi connectivity index (χ2n) is 8.15. The van der Waals surface area contributed by atoms with Gasteiger partial charge in [-0.15, -0.1) is 0 Å². The van der Waals surface area contributed by atoms with Crippen LogP contribution in [0.2, 0.25) is 0 Å². The van der Waals surface area contributed by atoms with Crippen molar-refractivity contribution in [1.82, 2.24) is 0 Å². The van der Waals surface area contributed by atoms with Crippen LogP contribution in [0, 0.1) is 17.3 Å².